The average molecular weight is 434 g/mol. The van der Waals surface area contributed by atoms with Crippen LogP contribution >= 0.6 is 23.5 Å². The molecular formula is C23H29B3O2S2. The summed E-state index contributed by atoms with van der Waals surface area (Å²) in [6.45, 7) is 1.90. The Labute approximate surface area is 194 Å². The van der Waals surface area contributed by atoms with Crippen molar-refractivity contribution in [3.63, 3.8) is 0 Å². The van der Waals surface area contributed by atoms with E-state index in [0.29, 0.717) is 0 Å². The zero-order chi connectivity index (χ0) is 22.3. The van der Waals surface area contributed by atoms with Gasteiger partial charge in [-0.3, -0.25) is 4.79 Å². The van der Waals surface area contributed by atoms with E-state index in [0.717, 1.165) is 42.9 Å². The van der Waals surface area contributed by atoms with Crippen molar-refractivity contribution in [2.45, 2.75) is 54.0 Å². The highest BCUT2D eigenvalue weighted by atomic mass is 32.2. The first-order valence-corrected chi connectivity index (χ1v) is 12.3. The fourth-order valence-electron chi connectivity index (χ4n) is 2.89. The normalized spacial score (nSPS) is 13.0. The van der Waals surface area contributed by atoms with Gasteiger partial charge in [0, 0.05) is 11.5 Å². The second kappa shape index (κ2) is 14.7. The Balaban J connectivity index is 0.00000141. The quantitative estimate of drug-likeness (QED) is 0.274. The van der Waals surface area contributed by atoms with Crippen molar-refractivity contribution in [3.8, 4) is 0 Å². The summed E-state index contributed by atoms with van der Waals surface area (Å²) < 4.78 is -0.651. The van der Waals surface area contributed by atoms with Crippen molar-refractivity contribution < 1.29 is 9.90 Å². The van der Waals surface area contributed by atoms with Gasteiger partial charge >= 0.3 is 0 Å². The molecule has 0 aliphatic carbocycles. The van der Waals surface area contributed by atoms with Gasteiger partial charge in [0.2, 0.25) is 0 Å². The molecule has 0 aliphatic rings. The molecule has 2 rings (SSSR count). The molecule has 1 unspecified atom stereocenters. The zero-order valence-electron chi connectivity index (χ0n) is 17.7. The molecule has 0 saturated carbocycles. The van der Waals surface area contributed by atoms with Gasteiger partial charge < -0.3 is 5.11 Å². The zero-order valence-corrected chi connectivity index (χ0v) is 19.3. The third-order valence-corrected chi connectivity index (χ3v) is 7.41. The maximum atomic E-state index is 8.36. The maximum Gasteiger partial charge on any atom is 0.290 e. The van der Waals surface area contributed by atoms with Crippen LogP contribution in [0, 0.1) is 0 Å². The molecule has 2 nitrogen and oxygen atoms in total. The minimum Gasteiger partial charge on any atom is -0.483 e. The van der Waals surface area contributed by atoms with E-state index in [9.17, 15) is 0 Å². The largest absolute Gasteiger partial charge is 0.483 e. The van der Waals surface area contributed by atoms with E-state index in [1.165, 1.54) is 11.1 Å². The molecule has 0 bridgehead atoms. The minimum absolute atomic E-state index is 0.250. The first-order valence-electron chi connectivity index (χ1n) is 10.1. The standard InChI is InChI=1S/C22H27B3S2.CH2O2/c1-2-3-14-21(23,24)22(25,27-18-20-12-8-5-9-13-20)15-16-26-17-19-10-6-4-7-11-19;2-1-3/h4-13H,2-3,14-18H2,1H3;1H,(H,2,3). The Bertz CT molecular complexity index is 702. The Hall–Kier alpha value is -1.20. The molecule has 0 amide bonds. The van der Waals surface area contributed by atoms with Crippen molar-refractivity contribution in [2.75, 3.05) is 5.75 Å². The van der Waals surface area contributed by atoms with Crippen LogP contribution in [0.4, 0.5) is 0 Å². The maximum absolute atomic E-state index is 8.36. The molecule has 30 heavy (non-hydrogen) atoms. The smallest absolute Gasteiger partial charge is 0.290 e. The molecule has 1 N–H and O–H groups in total. The molecule has 0 spiro atoms. The van der Waals surface area contributed by atoms with Crippen molar-refractivity contribution in [3.05, 3.63) is 71.8 Å². The lowest BCUT2D eigenvalue weighted by molar-refractivity contribution is -0.122. The topological polar surface area (TPSA) is 37.3 Å². The number of thioether (sulfide) groups is 2. The van der Waals surface area contributed by atoms with Gasteiger partial charge in [0.15, 0.2) is 0 Å². The molecule has 1 atom stereocenters. The Morgan fingerprint density at radius 2 is 1.40 bits per heavy atom. The van der Waals surface area contributed by atoms with Gasteiger partial charge in [-0.1, -0.05) is 92.1 Å². The predicted molar refractivity (Wildman–Crippen MR) is 136 cm³/mol. The Morgan fingerprint density at radius 1 is 0.900 bits per heavy atom. The fourth-order valence-corrected chi connectivity index (χ4v) is 5.30. The predicted octanol–water partition coefficient (Wildman–Crippen LogP) is 5.45. The van der Waals surface area contributed by atoms with E-state index in [1.807, 2.05) is 23.9 Å². The SMILES string of the molecule is O=CO.[B]C([B])(CCCC)C([B])(CCSCc1ccccc1)SCc1ccccc1. The summed E-state index contributed by atoms with van der Waals surface area (Å²) in [5.41, 5.74) is 2.58. The molecule has 0 aromatic heterocycles. The van der Waals surface area contributed by atoms with E-state index >= 15 is 0 Å². The molecular weight excluding hydrogens is 405 g/mol. The fraction of sp³-hybridized carbons (Fsp3) is 0.435. The lowest BCUT2D eigenvalue weighted by Gasteiger charge is -2.46. The molecule has 0 fully saturated rings. The van der Waals surface area contributed by atoms with Crippen molar-refractivity contribution in [1.29, 1.82) is 0 Å². The number of carbonyl (C=O) groups is 1. The van der Waals surface area contributed by atoms with Crippen LogP contribution < -0.4 is 0 Å². The van der Waals surface area contributed by atoms with Gasteiger partial charge in [-0.25, -0.2) is 0 Å². The number of unbranched alkanes of at least 4 members (excludes halogenated alkanes) is 1. The minimum atomic E-state index is -0.879. The molecule has 0 saturated heterocycles. The number of carboxylic acid groups (broad SMARTS) is 1. The molecule has 0 aliphatic heterocycles. The second-order valence-electron chi connectivity index (χ2n) is 7.20. The van der Waals surface area contributed by atoms with Crippen molar-refractivity contribution in [1.82, 2.24) is 0 Å². The van der Waals surface area contributed by atoms with Crippen LogP contribution in [0.5, 0.6) is 0 Å². The van der Waals surface area contributed by atoms with Gasteiger partial charge in [0.25, 0.3) is 6.47 Å². The van der Waals surface area contributed by atoms with Gasteiger partial charge in [-0.05, 0) is 27.9 Å². The summed E-state index contributed by atoms with van der Waals surface area (Å²) in [4.78, 5) is 8.36. The van der Waals surface area contributed by atoms with Gasteiger partial charge in [0.1, 0.15) is 0 Å². The molecule has 154 valence electrons. The summed E-state index contributed by atoms with van der Waals surface area (Å²) in [5, 5.41) is 6.01. The molecule has 0 heterocycles. The highest BCUT2D eigenvalue weighted by Gasteiger charge is 2.38. The van der Waals surface area contributed by atoms with E-state index in [1.54, 1.807) is 11.8 Å². The van der Waals surface area contributed by atoms with Crippen LogP contribution in [0.2, 0.25) is 5.21 Å². The van der Waals surface area contributed by atoms with Crippen molar-refractivity contribution in [2.24, 2.45) is 0 Å². The summed E-state index contributed by atoms with van der Waals surface area (Å²) in [6, 6.07) is 20.9. The molecule has 2 aromatic carbocycles. The molecule has 6 radical (unpaired) electrons. The van der Waals surface area contributed by atoms with Crippen LogP contribution in [-0.2, 0) is 16.3 Å². The second-order valence-corrected chi connectivity index (χ2v) is 9.61. The van der Waals surface area contributed by atoms with Gasteiger partial charge in [-0.2, -0.15) is 23.5 Å². The summed E-state index contributed by atoms with van der Waals surface area (Å²) in [6.07, 6.45) is 3.59. The van der Waals surface area contributed by atoms with Crippen LogP contribution in [0.3, 0.4) is 0 Å². The summed E-state index contributed by atoms with van der Waals surface area (Å²) in [7, 11) is 20.0. The van der Waals surface area contributed by atoms with Crippen LogP contribution in [-0.4, -0.2) is 45.5 Å². The van der Waals surface area contributed by atoms with E-state index in [-0.39, 0.29) is 6.47 Å². The van der Waals surface area contributed by atoms with Crippen LogP contribution in [0.15, 0.2) is 60.7 Å². The summed E-state index contributed by atoms with van der Waals surface area (Å²) in [5.74, 6) is 2.75. The van der Waals surface area contributed by atoms with Gasteiger partial charge in [-0.15, -0.1) is 0 Å². The molecule has 7 heteroatoms. The lowest BCUT2D eigenvalue weighted by atomic mass is 9.41. The third-order valence-electron chi connectivity index (χ3n) is 4.80. The van der Waals surface area contributed by atoms with E-state index in [4.69, 9.17) is 33.4 Å². The highest BCUT2D eigenvalue weighted by molar-refractivity contribution is 8.01. The van der Waals surface area contributed by atoms with E-state index in [2.05, 4.69) is 55.5 Å². The third kappa shape index (κ3) is 9.74. The highest BCUT2D eigenvalue weighted by Crippen LogP contribution is 2.48. The van der Waals surface area contributed by atoms with Crippen LogP contribution in [0.25, 0.3) is 0 Å². The lowest BCUT2D eigenvalue weighted by Crippen LogP contribution is -2.42. The van der Waals surface area contributed by atoms with E-state index < -0.39 is 9.86 Å². The number of rotatable bonds is 12. The monoisotopic (exact) mass is 434 g/mol. The average Bonchev–Trinajstić information content (AvgIpc) is 2.76. The van der Waals surface area contributed by atoms with Crippen molar-refractivity contribution >= 4 is 53.5 Å². The first kappa shape index (κ1) is 26.8. The number of hydrogen-bond acceptors (Lipinski definition) is 3. The van der Waals surface area contributed by atoms with Gasteiger partial charge in [0.05, 0.1) is 23.5 Å². The Morgan fingerprint density at radius 3 is 1.90 bits per heavy atom. The number of hydrogen-bond donors (Lipinski definition) is 1. The number of benzene rings is 2. The molecule has 2 aromatic rings. The summed E-state index contributed by atoms with van der Waals surface area (Å²) >= 11 is 3.59. The van der Waals surface area contributed by atoms with Crippen LogP contribution in [0.1, 0.15) is 43.7 Å². The Kier molecular flexibility index (Phi) is 13.2. The first-order chi connectivity index (χ1) is 14.4.